The van der Waals surface area contributed by atoms with Gasteiger partial charge in [-0.25, -0.2) is 14.5 Å². The Morgan fingerprint density at radius 2 is 1.62 bits per heavy atom. The van der Waals surface area contributed by atoms with Crippen LogP contribution in [0.4, 0.5) is 22.8 Å². The smallest absolute Gasteiger partial charge is 0.303 e. The first kappa shape index (κ1) is 15.1. The molecule has 0 bridgehead atoms. The van der Waals surface area contributed by atoms with Crippen molar-refractivity contribution in [3.63, 3.8) is 0 Å². The topological polar surface area (TPSA) is 52.7 Å². The lowest BCUT2D eigenvalue weighted by atomic mass is 9.95. The Balaban J connectivity index is 2.66. The van der Waals surface area contributed by atoms with Crippen molar-refractivity contribution in [1.29, 1.82) is 0 Å². The van der Waals surface area contributed by atoms with E-state index in [4.69, 9.17) is 0 Å². The number of aryl methyl sites for hydroxylation is 1. The largest absolute Gasteiger partial charge is 0.435 e. The summed E-state index contributed by atoms with van der Waals surface area (Å²) in [5.41, 5.74) is -2.33. The number of benzene rings is 1. The first-order chi connectivity index (χ1) is 9.61. The molecule has 0 radical (unpaired) electrons. The highest BCUT2D eigenvalue weighted by Crippen LogP contribution is 2.43. The van der Waals surface area contributed by atoms with Gasteiger partial charge in [0.25, 0.3) is 0 Å². The number of carbonyl (C=O) groups is 2. The van der Waals surface area contributed by atoms with Gasteiger partial charge in [-0.1, -0.05) is 29.8 Å². The van der Waals surface area contributed by atoms with Crippen molar-refractivity contribution in [2.45, 2.75) is 18.8 Å². The highest BCUT2D eigenvalue weighted by molar-refractivity contribution is 5.96. The van der Waals surface area contributed by atoms with Gasteiger partial charge in [0, 0.05) is 19.7 Å². The van der Waals surface area contributed by atoms with Crippen LogP contribution >= 0.6 is 0 Å². The number of carbonyl (C=O) groups excluding carboxylic acids is 2. The van der Waals surface area contributed by atoms with Gasteiger partial charge in [-0.05, 0) is 6.92 Å². The number of halogens is 3. The molecule has 1 aliphatic rings. The second kappa shape index (κ2) is 4.64. The lowest BCUT2D eigenvalue weighted by Gasteiger charge is -2.48. The van der Waals surface area contributed by atoms with E-state index in [-0.39, 0.29) is 5.56 Å². The molecule has 1 aromatic rings. The summed E-state index contributed by atoms with van der Waals surface area (Å²) in [5, 5.41) is 1.90. The van der Waals surface area contributed by atoms with E-state index in [0.717, 1.165) is 19.7 Å². The van der Waals surface area contributed by atoms with Gasteiger partial charge < -0.3 is 5.32 Å². The van der Waals surface area contributed by atoms with Crippen LogP contribution in [0.1, 0.15) is 11.1 Å². The van der Waals surface area contributed by atoms with Crippen molar-refractivity contribution >= 4 is 12.1 Å². The lowest BCUT2D eigenvalue weighted by Crippen LogP contribution is -2.73. The summed E-state index contributed by atoms with van der Waals surface area (Å²) < 4.78 is 41.0. The van der Waals surface area contributed by atoms with E-state index in [2.05, 4.69) is 0 Å². The van der Waals surface area contributed by atoms with Crippen molar-refractivity contribution in [3.8, 4) is 0 Å². The molecular weight excluding hydrogens is 287 g/mol. The van der Waals surface area contributed by atoms with Crippen molar-refractivity contribution in [1.82, 2.24) is 15.1 Å². The van der Waals surface area contributed by atoms with Crippen molar-refractivity contribution < 1.29 is 22.8 Å². The second-order valence-corrected chi connectivity index (χ2v) is 4.90. The summed E-state index contributed by atoms with van der Waals surface area (Å²) in [6, 6.07) is 3.35. The molecule has 5 nitrogen and oxygen atoms in total. The Morgan fingerprint density at radius 1 is 1.10 bits per heavy atom. The van der Waals surface area contributed by atoms with Gasteiger partial charge in [-0.3, -0.25) is 4.90 Å². The Hall–Kier alpha value is -2.25. The predicted octanol–water partition coefficient (Wildman–Crippen LogP) is 2.42. The molecule has 114 valence electrons. The molecule has 1 aromatic carbocycles. The van der Waals surface area contributed by atoms with Crippen LogP contribution < -0.4 is 5.32 Å². The fourth-order valence-electron chi connectivity index (χ4n) is 2.26. The molecule has 0 spiro atoms. The molecule has 1 N–H and O–H groups in total. The lowest BCUT2D eigenvalue weighted by molar-refractivity contribution is -0.237. The van der Waals surface area contributed by atoms with Crippen LogP contribution in [0.2, 0.25) is 0 Å². The number of rotatable bonds is 1. The summed E-state index contributed by atoms with van der Waals surface area (Å²) in [6.07, 6.45) is -4.87. The molecule has 1 fully saturated rings. The minimum Gasteiger partial charge on any atom is -0.303 e. The summed E-state index contributed by atoms with van der Waals surface area (Å²) in [5.74, 6) is 0. The number of amides is 4. The zero-order chi connectivity index (χ0) is 16.0. The molecule has 0 aliphatic carbocycles. The van der Waals surface area contributed by atoms with Crippen molar-refractivity contribution in [3.05, 3.63) is 35.4 Å². The van der Waals surface area contributed by atoms with Crippen molar-refractivity contribution in [2.75, 3.05) is 14.1 Å². The van der Waals surface area contributed by atoms with Gasteiger partial charge in [0.1, 0.15) is 0 Å². The fourth-order valence-corrected chi connectivity index (χ4v) is 2.26. The zero-order valence-corrected chi connectivity index (χ0v) is 11.7. The average Bonchev–Trinajstić information content (AvgIpc) is 2.40. The standard InChI is InChI=1S/C13H14F3N3O2/c1-8-4-6-9(7-5-8)12(13(14,15)16)17-10(20)18(2)11(21)19(12)3/h4-7H,1-3H3,(H,17,20)/t12-/m0/s1. The van der Waals surface area contributed by atoms with Gasteiger partial charge >= 0.3 is 18.2 Å². The van der Waals surface area contributed by atoms with Crippen LogP contribution in [0.25, 0.3) is 0 Å². The first-order valence-corrected chi connectivity index (χ1v) is 6.09. The predicted molar refractivity (Wildman–Crippen MR) is 68.4 cm³/mol. The number of nitrogens with one attached hydrogen (secondary N) is 1. The van der Waals surface area contributed by atoms with Crippen LogP contribution in [-0.2, 0) is 5.66 Å². The Kier molecular flexibility index (Phi) is 3.35. The number of nitrogens with zero attached hydrogens (tertiary/aromatic N) is 2. The number of alkyl halides is 3. The molecule has 1 heterocycles. The van der Waals surface area contributed by atoms with Crippen LogP contribution in [0.5, 0.6) is 0 Å². The molecule has 1 aliphatic heterocycles. The molecule has 0 aromatic heterocycles. The van der Waals surface area contributed by atoms with Gasteiger partial charge in [-0.2, -0.15) is 13.2 Å². The molecule has 1 atom stereocenters. The van der Waals surface area contributed by atoms with E-state index in [1.807, 2.05) is 5.32 Å². The molecular formula is C13H14F3N3O2. The minimum absolute atomic E-state index is 0.224. The van der Waals surface area contributed by atoms with Gasteiger partial charge in [-0.15, -0.1) is 0 Å². The Morgan fingerprint density at radius 3 is 2.10 bits per heavy atom. The molecule has 8 heteroatoms. The van der Waals surface area contributed by atoms with Crippen LogP contribution in [-0.4, -0.2) is 42.1 Å². The van der Waals surface area contributed by atoms with E-state index < -0.39 is 23.9 Å². The second-order valence-electron chi connectivity index (χ2n) is 4.90. The van der Waals surface area contributed by atoms with E-state index in [1.165, 1.54) is 24.3 Å². The quantitative estimate of drug-likeness (QED) is 0.866. The number of imide groups is 1. The van der Waals surface area contributed by atoms with E-state index in [0.29, 0.717) is 9.80 Å². The van der Waals surface area contributed by atoms with Gasteiger partial charge in [0.2, 0.25) is 5.66 Å². The zero-order valence-electron chi connectivity index (χ0n) is 11.7. The number of urea groups is 2. The maximum absolute atomic E-state index is 13.7. The maximum atomic E-state index is 13.7. The maximum Gasteiger partial charge on any atom is 0.435 e. The SMILES string of the molecule is Cc1ccc([C@]2(C(F)(F)F)NC(=O)N(C)C(=O)N2C)cc1. The van der Waals surface area contributed by atoms with E-state index in [9.17, 15) is 22.8 Å². The summed E-state index contributed by atoms with van der Waals surface area (Å²) in [4.78, 5) is 24.7. The normalized spacial score (nSPS) is 23.3. The highest BCUT2D eigenvalue weighted by Gasteiger charge is 2.64. The minimum atomic E-state index is -4.87. The third-order valence-electron chi connectivity index (χ3n) is 3.55. The monoisotopic (exact) mass is 301 g/mol. The third-order valence-corrected chi connectivity index (χ3v) is 3.55. The van der Waals surface area contributed by atoms with Crippen molar-refractivity contribution in [2.24, 2.45) is 0 Å². The van der Waals surface area contributed by atoms with Crippen LogP contribution in [0, 0.1) is 6.92 Å². The number of hydrogen-bond acceptors (Lipinski definition) is 2. The summed E-state index contributed by atoms with van der Waals surface area (Å²) in [6.45, 7) is 1.73. The van der Waals surface area contributed by atoms with Crippen LogP contribution in [0.15, 0.2) is 24.3 Å². The number of hydrogen-bond donors (Lipinski definition) is 1. The third kappa shape index (κ3) is 2.10. The Bertz CT molecular complexity index is 585. The molecule has 4 amide bonds. The molecule has 0 unspecified atom stereocenters. The van der Waals surface area contributed by atoms with Gasteiger partial charge in [0.15, 0.2) is 0 Å². The van der Waals surface area contributed by atoms with E-state index >= 15 is 0 Å². The van der Waals surface area contributed by atoms with E-state index in [1.54, 1.807) is 6.92 Å². The highest BCUT2D eigenvalue weighted by atomic mass is 19.4. The first-order valence-electron chi connectivity index (χ1n) is 6.09. The van der Waals surface area contributed by atoms with Crippen LogP contribution in [0.3, 0.4) is 0 Å². The average molecular weight is 301 g/mol. The molecule has 1 saturated heterocycles. The molecule has 0 saturated carbocycles. The summed E-state index contributed by atoms with van der Waals surface area (Å²) in [7, 11) is 2.12. The fraction of sp³-hybridized carbons (Fsp3) is 0.385. The molecule has 21 heavy (non-hydrogen) atoms. The molecule has 2 rings (SSSR count). The Labute approximate surface area is 119 Å². The summed E-state index contributed by atoms with van der Waals surface area (Å²) >= 11 is 0. The van der Waals surface area contributed by atoms with Gasteiger partial charge in [0.05, 0.1) is 0 Å².